The molecule has 82 valence electrons. The second-order valence-electron chi connectivity index (χ2n) is 4.47. The third kappa shape index (κ3) is 2.85. The Morgan fingerprint density at radius 1 is 1.47 bits per heavy atom. The van der Waals surface area contributed by atoms with Crippen molar-refractivity contribution in [1.82, 2.24) is 0 Å². The summed E-state index contributed by atoms with van der Waals surface area (Å²) >= 11 is 0. The van der Waals surface area contributed by atoms with Crippen molar-refractivity contribution < 1.29 is 4.39 Å². The molecule has 0 aliphatic heterocycles. The highest BCUT2D eigenvalue weighted by Crippen LogP contribution is 2.36. The molecule has 2 rings (SSSR count). The first-order chi connectivity index (χ1) is 7.15. The van der Waals surface area contributed by atoms with Crippen molar-refractivity contribution in [3.63, 3.8) is 0 Å². The molecule has 0 bridgehead atoms. The van der Waals surface area contributed by atoms with Crippen molar-refractivity contribution >= 4 is 11.4 Å². The van der Waals surface area contributed by atoms with Crippen LogP contribution in [0.5, 0.6) is 0 Å². The summed E-state index contributed by atoms with van der Waals surface area (Å²) in [6.45, 7) is 3.13. The first kappa shape index (κ1) is 10.3. The van der Waals surface area contributed by atoms with Gasteiger partial charge in [-0.3, -0.25) is 0 Å². The van der Waals surface area contributed by atoms with E-state index in [2.05, 4.69) is 12.2 Å². The van der Waals surface area contributed by atoms with Crippen molar-refractivity contribution in [2.75, 3.05) is 17.6 Å². The summed E-state index contributed by atoms with van der Waals surface area (Å²) in [6.07, 6.45) is 2.68. The quantitative estimate of drug-likeness (QED) is 0.747. The zero-order chi connectivity index (χ0) is 10.8. The van der Waals surface area contributed by atoms with Crippen LogP contribution in [0.3, 0.4) is 0 Å². The third-order valence-electron chi connectivity index (χ3n) is 2.98. The molecule has 1 aliphatic carbocycles. The minimum Gasteiger partial charge on any atom is -0.399 e. The Morgan fingerprint density at radius 3 is 2.80 bits per heavy atom. The second-order valence-corrected chi connectivity index (χ2v) is 4.47. The Morgan fingerprint density at radius 2 is 2.20 bits per heavy atom. The molecule has 0 amide bonds. The van der Waals surface area contributed by atoms with Gasteiger partial charge in [-0.15, -0.1) is 0 Å². The van der Waals surface area contributed by atoms with Crippen molar-refractivity contribution in [3.05, 3.63) is 24.0 Å². The molecule has 3 heteroatoms. The Labute approximate surface area is 89.7 Å². The highest BCUT2D eigenvalue weighted by atomic mass is 19.1. The monoisotopic (exact) mass is 208 g/mol. The lowest BCUT2D eigenvalue weighted by molar-refractivity contribution is 0.536. The minimum absolute atomic E-state index is 0.281. The standard InChI is InChI=1S/C12H17FN2/c1-8(9-2-3-9)7-15-12-5-10(13)4-11(14)6-12/h4-6,8-9,15H,2-3,7,14H2,1H3. The van der Waals surface area contributed by atoms with Gasteiger partial charge in [-0.25, -0.2) is 4.39 Å². The minimum atomic E-state index is -0.281. The fourth-order valence-electron chi connectivity index (χ4n) is 1.83. The van der Waals surface area contributed by atoms with Crippen LogP contribution in [0.2, 0.25) is 0 Å². The summed E-state index contributed by atoms with van der Waals surface area (Å²) in [4.78, 5) is 0. The summed E-state index contributed by atoms with van der Waals surface area (Å²) in [5.74, 6) is 1.24. The van der Waals surface area contributed by atoms with E-state index in [-0.39, 0.29) is 5.82 Å². The second kappa shape index (κ2) is 4.09. The molecule has 15 heavy (non-hydrogen) atoms. The van der Waals surface area contributed by atoms with Crippen LogP contribution in [0.1, 0.15) is 19.8 Å². The van der Waals surface area contributed by atoms with Crippen LogP contribution < -0.4 is 11.1 Å². The Bertz CT molecular complexity index is 327. The van der Waals surface area contributed by atoms with E-state index in [9.17, 15) is 4.39 Å². The van der Waals surface area contributed by atoms with Gasteiger partial charge in [0.15, 0.2) is 0 Å². The average Bonchev–Trinajstić information content (AvgIpc) is 2.95. The number of nitrogens with two attached hydrogens (primary N) is 1. The molecule has 0 saturated heterocycles. The lowest BCUT2D eigenvalue weighted by Crippen LogP contribution is -2.13. The number of benzene rings is 1. The van der Waals surface area contributed by atoms with E-state index in [0.717, 1.165) is 18.2 Å². The van der Waals surface area contributed by atoms with E-state index in [4.69, 9.17) is 5.73 Å². The predicted octanol–water partition coefficient (Wildman–Crippen LogP) is 2.87. The maximum Gasteiger partial charge on any atom is 0.127 e. The van der Waals surface area contributed by atoms with Gasteiger partial charge < -0.3 is 11.1 Å². The van der Waals surface area contributed by atoms with Gasteiger partial charge in [0.25, 0.3) is 0 Å². The SMILES string of the molecule is CC(CNc1cc(N)cc(F)c1)C1CC1. The van der Waals surface area contributed by atoms with Crippen LogP contribution in [0.4, 0.5) is 15.8 Å². The third-order valence-corrected chi connectivity index (χ3v) is 2.98. The number of anilines is 2. The fraction of sp³-hybridized carbons (Fsp3) is 0.500. The Hall–Kier alpha value is -1.25. The average molecular weight is 208 g/mol. The van der Waals surface area contributed by atoms with Gasteiger partial charge in [-0.1, -0.05) is 6.92 Å². The maximum atomic E-state index is 13.0. The molecule has 3 N–H and O–H groups in total. The number of rotatable bonds is 4. The number of nitrogens with one attached hydrogen (secondary N) is 1. The van der Waals surface area contributed by atoms with Crippen molar-refractivity contribution in [2.45, 2.75) is 19.8 Å². The zero-order valence-electron chi connectivity index (χ0n) is 8.96. The molecule has 2 nitrogen and oxygen atoms in total. The summed E-state index contributed by atoms with van der Waals surface area (Å²) in [5.41, 5.74) is 6.80. The van der Waals surface area contributed by atoms with E-state index in [1.807, 2.05) is 0 Å². The van der Waals surface area contributed by atoms with Gasteiger partial charge in [-0.05, 0) is 42.9 Å². The highest BCUT2D eigenvalue weighted by molar-refractivity contribution is 5.54. The lowest BCUT2D eigenvalue weighted by atomic mass is 10.1. The fourth-order valence-corrected chi connectivity index (χ4v) is 1.83. The molecular weight excluding hydrogens is 191 g/mol. The van der Waals surface area contributed by atoms with Crippen LogP contribution in [0.25, 0.3) is 0 Å². The number of hydrogen-bond acceptors (Lipinski definition) is 2. The Balaban J connectivity index is 1.91. The molecule has 1 unspecified atom stereocenters. The van der Waals surface area contributed by atoms with E-state index >= 15 is 0 Å². The largest absolute Gasteiger partial charge is 0.399 e. The van der Waals surface area contributed by atoms with Crippen molar-refractivity contribution in [3.8, 4) is 0 Å². The topological polar surface area (TPSA) is 38.0 Å². The molecule has 1 fully saturated rings. The first-order valence-corrected chi connectivity index (χ1v) is 5.45. The molecule has 0 aromatic heterocycles. The van der Waals surface area contributed by atoms with Crippen molar-refractivity contribution in [1.29, 1.82) is 0 Å². The maximum absolute atomic E-state index is 13.0. The summed E-state index contributed by atoms with van der Waals surface area (Å²) < 4.78 is 13.0. The van der Waals surface area contributed by atoms with Crippen LogP contribution in [0.15, 0.2) is 18.2 Å². The molecule has 1 aromatic carbocycles. The van der Waals surface area contributed by atoms with Crippen LogP contribution in [0, 0.1) is 17.7 Å². The highest BCUT2D eigenvalue weighted by Gasteiger charge is 2.27. The van der Waals surface area contributed by atoms with Gasteiger partial charge in [0.2, 0.25) is 0 Å². The lowest BCUT2D eigenvalue weighted by Gasteiger charge is -2.12. The molecule has 1 saturated carbocycles. The van der Waals surface area contributed by atoms with Crippen molar-refractivity contribution in [2.24, 2.45) is 11.8 Å². The van der Waals surface area contributed by atoms with Crippen LogP contribution in [-0.4, -0.2) is 6.54 Å². The van der Waals surface area contributed by atoms with E-state index in [1.165, 1.54) is 25.0 Å². The smallest absolute Gasteiger partial charge is 0.127 e. The van der Waals surface area contributed by atoms with Gasteiger partial charge in [0, 0.05) is 17.9 Å². The van der Waals surface area contributed by atoms with Crippen LogP contribution >= 0.6 is 0 Å². The van der Waals surface area contributed by atoms with Gasteiger partial charge >= 0.3 is 0 Å². The number of hydrogen-bond donors (Lipinski definition) is 2. The Kier molecular flexibility index (Phi) is 2.80. The van der Waals surface area contributed by atoms with E-state index < -0.39 is 0 Å². The van der Waals surface area contributed by atoms with Crippen LogP contribution in [-0.2, 0) is 0 Å². The molecule has 1 atom stereocenters. The van der Waals surface area contributed by atoms with E-state index in [0.29, 0.717) is 11.6 Å². The predicted molar refractivity (Wildman–Crippen MR) is 61.2 cm³/mol. The number of halogens is 1. The zero-order valence-corrected chi connectivity index (χ0v) is 8.96. The molecular formula is C12H17FN2. The van der Waals surface area contributed by atoms with Gasteiger partial charge in [0.1, 0.15) is 5.82 Å². The van der Waals surface area contributed by atoms with Gasteiger partial charge in [-0.2, -0.15) is 0 Å². The summed E-state index contributed by atoms with van der Waals surface area (Å²) in [7, 11) is 0. The molecule has 0 heterocycles. The van der Waals surface area contributed by atoms with Gasteiger partial charge in [0.05, 0.1) is 0 Å². The van der Waals surface area contributed by atoms with E-state index in [1.54, 1.807) is 6.07 Å². The molecule has 1 aliphatic rings. The molecule has 0 spiro atoms. The number of nitrogen functional groups attached to an aromatic ring is 1. The summed E-state index contributed by atoms with van der Waals surface area (Å²) in [5, 5.41) is 3.23. The molecule has 0 radical (unpaired) electrons. The first-order valence-electron chi connectivity index (χ1n) is 5.45. The molecule has 1 aromatic rings. The summed E-state index contributed by atoms with van der Waals surface area (Å²) in [6, 6.07) is 4.58. The normalized spacial score (nSPS) is 17.5.